The Bertz CT molecular complexity index is 1680. The third-order valence-corrected chi connectivity index (χ3v) is 7.52. The first-order valence-corrected chi connectivity index (χ1v) is 13.7. The standard InChI is InChI=1S/C25H20ClN7O4S2/c1-37-25(36)23-17(3-5-22(34)32(23)7-6-15-9-27-13-28-10-15)18-8-21(29-11-16-2-4-20(26)39-16)33(31-18)24(35)19-12-38-14-30-19/h2-5,8-10,12-14,29H,6-7,11H2,1H3. The Balaban J connectivity index is 1.57. The van der Waals surface area contributed by atoms with Crippen LogP contribution < -0.4 is 10.9 Å². The maximum absolute atomic E-state index is 13.3. The summed E-state index contributed by atoms with van der Waals surface area (Å²) in [4.78, 5) is 52.2. The number of methoxy groups -OCH3 is 1. The van der Waals surface area contributed by atoms with E-state index in [0.29, 0.717) is 34.4 Å². The van der Waals surface area contributed by atoms with Gasteiger partial charge in [0.15, 0.2) is 0 Å². The zero-order chi connectivity index (χ0) is 27.4. The van der Waals surface area contributed by atoms with E-state index in [1.54, 1.807) is 35.4 Å². The van der Waals surface area contributed by atoms with Gasteiger partial charge in [-0.15, -0.1) is 22.7 Å². The molecule has 0 aliphatic carbocycles. The van der Waals surface area contributed by atoms with Crippen molar-refractivity contribution in [2.45, 2.75) is 19.5 Å². The van der Waals surface area contributed by atoms with E-state index in [0.717, 1.165) is 10.4 Å². The van der Waals surface area contributed by atoms with Crippen molar-refractivity contribution in [3.8, 4) is 11.3 Å². The lowest BCUT2D eigenvalue weighted by Gasteiger charge is -2.14. The molecule has 0 saturated carbocycles. The molecular weight excluding hydrogens is 562 g/mol. The number of aromatic nitrogens is 6. The third-order valence-electron chi connectivity index (χ3n) is 5.70. The number of nitrogens with one attached hydrogen (secondary N) is 1. The van der Waals surface area contributed by atoms with Crippen molar-refractivity contribution in [1.82, 2.24) is 29.3 Å². The van der Waals surface area contributed by atoms with Gasteiger partial charge in [-0.3, -0.25) is 9.59 Å². The molecule has 0 radical (unpaired) electrons. The number of nitrogens with zero attached hydrogens (tertiary/aromatic N) is 6. The molecule has 0 spiro atoms. The van der Waals surface area contributed by atoms with Gasteiger partial charge in [0, 0.05) is 46.9 Å². The van der Waals surface area contributed by atoms with Crippen LogP contribution in [0.5, 0.6) is 0 Å². The van der Waals surface area contributed by atoms with E-state index in [4.69, 9.17) is 16.3 Å². The Morgan fingerprint density at radius 2 is 1.97 bits per heavy atom. The second kappa shape index (κ2) is 11.7. The van der Waals surface area contributed by atoms with Crippen LogP contribution in [0.2, 0.25) is 4.34 Å². The lowest BCUT2D eigenvalue weighted by molar-refractivity contribution is 0.0587. The van der Waals surface area contributed by atoms with Gasteiger partial charge in [-0.1, -0.05) is 11.6 Å². The van der Waals surface area contributed by atoms with Crippen LogP contribution >= 0.6 is 34.3 Å². The Hall–Kier alpha value is -4.20. The summed E-state index contributed by atoms with van der Waals surface area (Å²) in [5, 5.41) is 9.37. The summed E-state index contributed by atoms with van der Waals surface area (Å²) >= 11 is 8.76. The van der Waals surface area contributed by atoms with Crippen LogP contribution in [0.3, 0.4) is 0 Å². The molecular formula is C25H20ClN7O4S2. The molecule has 0 fully saturated rings. The fourth-order valence-corrected chi connectivity index (χ4v) is 5.42. The van der Waals surface area contributed by atoms with Crippen LogP contribution in [-0.4, -0.2) is 48.3 Å². The average molecular weight is 582 g/mol. The highest BCUT2D eigenvalue weighted by Crippen LogP contribution is 2.28. The number of rotatable bonds is 9. The number of halogens is 1. The lowest BCUT2D eigenvalue weighted by Crippen LogP contribution is -2.28. The minimum absolute atomic E-state index is 0.0178. The van der Waals surface area contributed by atoms with Crippen molar-refractivity contribution < 1.29 is 14.3 Å². The van der Waals surface area contributed by atoms with E-state index >= 15 is 0 Å². The van der Waals surface area contributed by atoms with Crippen molar-refractivity contribution >= 4 is 52.0 Å². The molecule has 0 bridgehead atoms. The molecule has 5 heterocycles. The fourth-order valence-electron chi connectivity index (χ4n) is 3.87. The van der Waals surface area contributed by atoms with Gasteiger partial charge in [0.1, 0.15) is 23.5 Å². The highest BCUT2D eigenvalue weighted by Gasteiger charge is 2.25. The minimum atomic E-state index is -0.713. The Morgan fingerprint density at radius 3 is 2.67 bits per heavy atom. The van der Waals surface area contributed by atoms with Gasteiger partial charge >= 0.3 is 5.97 Å². The maximum Gasteiger partial charge on any atom is 0.355 e. The van der Waals surface area contributed by atoms with E-state index in [9.17, 15) is 14.4 Å². The average Bonchev–Trinajstić information content (AvgIpc) is 3.72. The van der Waals surface area contributed by atoms with Crippen LogP contribution in [0.4, 0.5) is 5.82 Å². The predicted octanol–water partition coefficient (Wildman–Crippen LogP) is 4.00. The number of esters is 1. The Morgan fingerprint density at radius 1 is 1.15 bits per heavy atom. The molecule has 5 aromatic heterocycles. The number of hydrogen-bond donors (Lipinski definition) is 1. The van der Waals surface area contributed by atoms with Crippen LogP contribution in [0.15, 0.2) is 64.7 Å². The first kappa shape index (κ1) is 26.4. The molecule has 0 aromatic carbocycles. The molecule has 1 N–H and O–H groups in total. The largest absolute Gasteiger partial charge is 0.464 e. The normalized spacial score (nSPS) is 10.9. The first-order valence-electron chi connectivity index (χ1n) is 11.5. The van der Waals surface area contributed by atoms with E-state index in [1.807, 2.05) is 6.07 Å². The summed E-state index contributed by atoms with van der Waals surface area (Å²) in [6.45, 7) is 0.558. The molecule has 11 nitrogen and oxygen atoms in total. The van der Waals surface area contributed by atoms with Crippen molar-refractivity contribution in [3.63, 3.8) is 0 Å². The number of carbonyl (C=O) groups excluding carboxylic acids is 2. The quantitative estimate of drug-likeness (QED) is 0.256. The van der Waals surface area contributed by atoms with E-state index in [2.05, 4.69) is 25.4 Å². The highest BCUT2D eigenvalue weighted by atomic mass is 35.5. The molecule has 0 aliphatic rings. The molecule has 5 rings (SSSR count). The topological polar surface area (TPSA) is 134 Å². The summed E-state index contributed by atoms with van der Waals surface area (Å²) in [6.07, 6.45) is 5.10. The number of aryl methyl sites for hydroxylation is 1. The molecule has 14 heteroatoms. The molecule has 0 saturated heterocycles. The summed E-state index contributed by atoms with van der Waals surface area (Å²) < 4.78 is 8.20. The van der Waals surface area contributed by atoms with Crippen molar-refractivity contribution in [2.24, 2.45) is 0 Å². The smallest absolute Gasteiger partial charge is 0.355 e. The summed E-state index contributed by atoms with van der Waals surface area (Å²) in [6, 6.07) is 8.17. The van der Waals surface area contributed by atoms with Crippen molar-refractivity contribution in [2.75, 3.05) is 12.4 Å². The summed E-state index contributed by atoms with van der Waals surface area (Å²) in [5.74, 6) is -0.788. The minimum Gasteiger partial charge on any atom is -0.464 e. The Kier molecular flexibility index (Phi) is 7.91. The number of ether oxygens (including phenoxy) is 1. The van der Waals surface area contributed by atoms with Gasteiger partial charge < -0.3 is 14.6 Å². The van der Waals surface area contributed by atoms with Crippen LogP contribution in [0, 0.1) is 0 Å². The molecule has 198 valence electrons. The Labute approximate surface area is 234 Å². The lowest BCUT2D eigenvalue weighted by atomic mass is 10.1. The van der Waals surface area contributed by atoms with Gasteiger partial charge in [0.2, 0.25) is 0 Å². The molecule has 5 aromatic rings. The highest BCUT2D eigenvalue weighted by molar-refractivity contribution is 7.16. The predicted molar refractivity (Wildman–Crippen MR) is 147 cm³/mol. The first-order chi connectivity index (χ1) is 18.9. The number of carbonyl (C=O) groups is 2. The number of hydrogen-bond acceptors (Lipinski definition) is 11. The van der Waals surface area contributed by atoms with E-state index in [1.165, 1.54) is 57.5 Å². The van der Waals surface area contributed by atoms with Crippen molar-refractivity contribution in [1.29, 1.82) is 0 Å². The zero-order valence-corrected chi connectivity index (χ0v) is 22.8. The van der Waals surface area contributed by atoms with Crippen molar-refractivity contribution in [3.05, 3.63) is 96.5 Å². The van der Waals surface area contributed by atoms with Crippen LogP contribution in [0.25, 0.3) is 11.3 Å². The summed E-state index contributed by atoms with van der Waals surface area (Å²) in [7, 11) is 1.24. The number of thiophene rings is 1. The molecule has 0 unspecified atom stereocenters. The number of pyridine rings is 1. The number of thiazole rings is 1. The van der Waals surface area contributed by atoms with Gasteiger partial charge in [-0.05, 0) is 30.2 Å². The van der Waals surface area contributed by atoms with Gasteiger partial charge in [-0.25, -0.2) is 19.7 Å². The van der Waals surface area contributed by atoms with E-state index < -0.39 is 11.9 Å². The number of anilines is 1. The molecule has 0 amide bonds. The third kappa shape index (κ3) is 5.79. The second-order valence-electron chi connectivity index (χ2n) is 8.14. The van der Waals surface area contributed by atoms with Gasteiger partial charge in [0.05, 0.1) is 29.2 Å². The van der Waals surface area contributed by atoms with Gasteiger partial charge in [-0.2, -0.15) is 9.78 Å². The molecule has 39 heavy (non-hydrogen) atoms. The molecule has 0 atom stereocenters. The second-order valence-corrected chi connectivity index (χ2v) is 10.7. The zero-order valence-electron chi connectivity index (χ0n) is 20.4. The summed E-state index contributed by atoms with van der Waals surface area (Å²) in [5.41, 5.74) is 2.83. The van der Waals surface area contributed by atoms with Gasteiger partial charge in [0.25, 0.3) is 11.5 Å². The molecule has 0 aliphatic heterocycles. The van der Waals surface area contributed by atoms with Crippen LogP contribution in [0.1, 0.15) is 31.4 Å². The monoisotopic (exact) mass is 581 g/mol. The fraction of sp³-hybridized carbons (Fsp3) is 0.160. The maximum atomic E-state index is 13.3. The van der Waals surface area contributed by atoms with Crippen LogP contribution in [-0.2, 0) is 24.2 Å². The van der Waals surface area contributed by atoms with E-state index in [-0.39, 0.29) is 23.5 Å². The SMILES string of the molecule is COC(=O)c1c(-c2cc(NCc3ccc(Cl)s3)n(C(=O)c3cscn3)n2)ccc(=O)n1CCc1cncnc1.